The molecule has 4 nitrogen and oxygen atoms in total. The van der Waals surface area contributed by atoms with Crippen LogP contribution in [0.2, 0.25) is 0 Å². The van der Waals surface area contributed by atoms with E-state index in [9.17, 15) is 10.5 Å². The minimum Gasteiger partial charge on any atom is -0.318 e. The highest BCUT2D eigenvalue weighted by Gasteiger charge is 2.20. The van der Waals surface area contributed by atoms with Gasteiger partial charge in [-0.25, -0.2) is 4.85 Å². The zero-order valence-electron chi connectivity index (χ0n) is 19.7. The van der Waals surface area contributed by atoms with Crippen molar-refractivity contribution < 1.29 is 0 Å². The van der Waals surface area contributed by atoms with Crippen LogP contribution in [-0.2, 0) is 0 Å². The highest BCUT2D eigenvalue weighted by molar-refractivity contribution is 6.12. The molecular formula is C33H18N4. The lowest BCUT2D eigenvalue weighted by Crippen LogP contribution is -1.99. The summed E-state index contributed by atoms with van der Waals surface area (Å²) < 4.78 is 1.99. The van der Waals surface area contributed by atoms with Crippen LogP contribution in [-0.4, -0.2) is 4.57 Å². The van der Waals surface area contributed by atoms with E-state index in [0.717, 1.165) is 44.1 Å². The summed E-state index contributed by atoms with van der Waals surface area (Å²) in [6.07, 6.45) is 0. The molecule has 0 bridgehead atoms. The fraction of sp³-hybridized carbons (Fsp3) is 0. The number of nitrogens with zero attached hydrogens (tertiary/aromatic N) is 4. The smallest absolute Gasteiger partial charge is 0.213 e. The molecule has 37 heavy (non-hydrogen) atoms. The van der Waals surface area contributed by atoms with Crippen LogP contribution in [0, 0.1) is 29.2 Å². The van der Waals surface area contributed by atoms with Crippen LogP contribution in [0.25, 0.3) is 54.6 Å². The Bertz CT molecular complexity index is 1810. The van der Waals surface area contributed by atoms with Crippen molar-refractivity contribution in [1.29, 1.82) is 10.5 Å². The van der Waals surface area contributed by atoms with Gasteiger partial charge in [-0.05, 0) is 58.7 Å². The molecule has 0 atom stereocenters. The second-order valence-corrected chi connectivity index (χ2v) is 8.76. The van der Waals surface area contributed by atoms with E-state index in [1.54, 1.807) is 12.1 Å². The zero-order chi connectivity index (χ0) is 25.4. The Hall–Kier alpha value is -5.63. The van der Waals surface area contributed by atoms with Crippen LogP contribution < -0.4 is 0 Å². The molecule has 0 N–H and O–H groups in total. The lowest BCUT2D eigenvalue weighted by molar-refractivity contribution is 1.17. The third-order valence-corrected chi connectivity index (χ3v) is 6.66. The molecule has 0 amide bonds. The summed E-state index contributed by atoms with van der Waals surface area (Å²) in [6.45, 7) is 7.83. The van der Waals surface area contributed by atoms with Crippen molar-refractivity contribution in [3.8, 4) is 40.1 Å². The topological polar surface area (TPSA) is 56.9 Å². The molecule has 0 radical (unpaired) electrons. The fourth-order valence-corrected chi connectivity index (χ4v) is 4.97. The normalized spacial score (nSPS) is 10.6. The Labute approximate surface area is 214 Å². The van der Waals surface area contributed by atoms with Crippen molar-refractivity contribution in [3.63, 3.8) is 0 Å². The second-order valence-electron chi connectivity index (χ2n) is 8.76. The van der Waals surface area contributed by atoms with Gasteiger partial charge in [0.15, 0.2) is 0 Å². The molecule has 6 rings (SSSR count). The Morgan fingerprint density at radius 3 is 1.59 bits per heavy atom. The molecule has 0 aliphatic rings. The molecule has 0 unspecified atom stereocenters. The van der Waals surface area contributed by atoms with Crippen LogP contribution in [0.4, 0.5) is 5.69 Å². The van der Waals surface area contributed by atoms with Crippen molar-refractivity contribution in [2.75, 3.05) is 0 Å². The van der Waals surface area contributed by atoms with E-state index in [4.69, 9.17) is 6.57 Å². The first-order valence-electron chi connectivity index (χ1n) is 11.8. The second kappa shape index (κ2) is 8.86. The van der Waals surface area contributed by atoms with Gasteiger partial charge in [0.25, 0.3) is 0 Å². The van der Waals surface area contributed by atoms with E-state index in [-0.39, 0.29) is 5.69 Å². The number of aromatic nitrogens is 1. The average Bonchev–Trinajstić information content (AvgIpc) is 3.29. The molecule has 0 saturated heterocycles. The van der Waals surface area contributed by atoms with Gasteiger partial charge in [0, 0.05) is 16.3 Å². The number of rotatable bonds is 3. The summed E-state index contributed by atoms with van der Waals surface area (Å²) in [5, 5.41) is 21.5. The Balaban J connectivity index is 1.73. The van der Waals surface area contributed by atoms with Crippen molar-refractivity contribution in [3.05, 3.63) is 132 Å². The summed E-state index contributed by atoms with van der Waals surface area (Å²) in [5.41, 5.74) is 7.55. The summed E-state index contributed by atoms with van der Waals surface area (Å²) in [7, 11) is 0. The molecule has 0 fully saturated rings. The molecule has 4 heteroatoms. The van der Waals surface area contributed by atoms with Gasteiger partial charge in [-0.3, -0.25) is 0 Å². The molecule has 6 aromatic rings. The number of hydrogen-bond acceptors (Lipinski definition) is 2. The van der Waals surface area contributed by atoms with E-state index in [2.05, 4.69) is 65.5 Å². The summed E-state index contributed by atoms with van der Waals surface area (Å²) >= 11 is 0. The van der Waals surface area contributed by atoms with Gasteiger partial charge in [-0.1, -0.05) is 72.8 Å². The molecular weight excluding hydrogens is 452 g/mol. The number of nitriles is 2. The first-order chi connectivity index (χ1) is 18.2. The number of fused-ring (bicyclic) bond motifs is 3. The average molecular weight is 471 g/mol. The largest absolute Gasteiger partial charge is 0.318 e. The summed E-state index contributed by atoms with van der Waals surface area (Å²) in [6, 6.07) is 40.4. The van der Waals surface area contributed by atoms with Gasteiger partial charge >= 0.3 is 0 Å². The van der Waals surface area contributed by atoms with Crippen LogP contribution >= 0.6 is 0 Å². The van der Waals surface area contributed by atoms with Crippen LogP contribution in [0.5, 0.6) is 0 Å². The predicted molar refractivity (Wildman–Crippen MR) is 147 cm³/mol. The van der Waals surface area contributed by atoms with Crippen molar-refractivity contribution in [2.45, 2.75) is 0 Å². The monoisotopic (exact) mass is 470 g/mol. The maximum absolute atomic E-state index is 10.0. The Morgan fingerprint density at radius 2 is 1.14 bits per heavy atom. The molecule has 170 valence electrons. The van der Waals surface area contributed by atoms with E-state index in [1.165, 1.54) is 0 Å². The first-order valence-corrected chi connectivity index (χ1v) is 11.8. The number of benzene rings is 5. The molecule has 5 aromatic carbocycles. The van der Waals surface area contributed by atoms with Crippen LogP contribution in [0.1, 0.15) is 11.1 Å². The SMILES string of the molecule is [C-]#[N+]c1cc(C#N)cc(C#N)c1-n1c2ccc(-c3ccccc3)cc2c2cc(-c3ccccc3)ccc21. The minimum absolute atomic E-state index is 0.272. The third-order valence-electron chi connectivity index (χ3n) is 6.66. The highest BCUT2D eigenvalue weighted by Crippen LogP contribution is 2.40. The molecule has 0 spiro atoms. The van der Waals surface area contributed by atoms with Crippen molar-refractivity contribution in [1.82, 2.24) is 4.57 Å². The maximum Gasteiger partial charge on any atom is 0.213 e. The zero-order valence-corrected chi connectivity index (χ0v) is 19.7. The molecule has 1 aromatic heterocycles. The van der Waals surface area contributed by atoms with E-state index in [0.29, 0.717) is 16.8 Å². The maximum atomic E-state index is 10.0. The highest BCUT2D eigenvalue weighted by atomic mass is 15.0. The van der Waals surface area contributed by atoms with Gasteiger partial charge < -0.3 is 4.57 Å². The standard InChI is InChI=1S/C33H18N4/c1-36-30-17-22(20-34)16-27(21-35)33(30)37-31-14-12-25(23-8-4-2-5-9-23)18-28(31)29-19-26(13-15-32(29)37)24-10-6-3-7-11-24/h2-19H. The van der Waals surface area contributed by atoms with Crippen LogP contribution in [0.15, 0.2) is 109 Å². The lowest BCUT2D eigenvalue weighted by Gasteiger charge is -2.13. The molecule has 0 saturated carbocycles. The van der Waals surface area contributed by atoms with Gasteiger partial charge in [0.2, 0.25) is 5.69 Å². The molecule has 0 aliphatic carbocycles. The van der Waals surface area contributed by atoms with Gasteiger partial charge in [0.1, 0.15) is 0 Å². The van der Waals surface area contributed by atoms with Crippen LogP contribution in [0.3, 0.4) is 0 Å². The van der Waals surface area contributed by atoms with E-state index >= 15 is 0 Å². The van der Waals surface area contributed by atoms with Crippen molar-refractivity contribution >= 4 is 27.5 Å². The fourth-order valence-electron chi connectivity index (χ4n) is 4.97. The third kappa shape index (κ3) is 3.60. The van der Waals surface area contributed by atoms with E-state index < -0.39 is 0 Å². The quantitative estimate of drug-likeness (QED) is 0.244. The Kier molecular flexibility index (Phi) is 5.24. The molecule has 1 heterocycles. The minimum atomic E-state index is 0.272. The lowest BCUT2D eigenvalue weighted by atomic mass is 10.0. The van der Waals surface area contributed by atoms with Gasteiger partial charge in [-0.2, -0.15) is 10.5 Å². The molecule has 0 aliphatic heterocycles. The van der Waals surface area contributed by atoms with Gasteiger partial charge in [0.05, 0.1) is 41.0 Å². The van der Waals surface area contributed by atoms with E-state index in [1.807, 2.05) is 53.1 Å². The van der Waals surface area contributed by atoms with Crippen molar-refractivity contribution in [2.24, 2.45) is 0 Å². The predicted octanol–water partition coefficient (Wildman–Crippen LogP) is 8.41. The summed E-state index contributed by atoms with van der Waals surface area (Å²) in [4.78, 5) is 3.71. The number of hydrogen-bond donors (Lipinski definition) is 0. The summed E-state index contributed by atoms with van der Waals surface area (Å²) in [5.74, 6) is 0. The van der Waals surface area contributed by atoms with Gasteiger partial charge in [-0.15, -0.1) is 0 Å². The first kappa shape index (κ1) is 21.9. The Morgan fingerprint density at radius 1 is 0.595 bits per heavy atom.